The Bertz CT molecular complexity index is 356. The lowest BCUT2D eigenvalue weighted by Gasteiger charge is -2.18. The van der Waals surface area contributed by atoms with Crippen molar-refractivity contribution in [2.75, 3.05) is 13.1 Å². The fourth-order valence-electron chi connectivity index (χ4n) is 2.11. The second-order valence-electron chi connectivity index (χ2n) is 4.54. The number of nitrogens with zero attached hydrogens (tertiary/aromatic N) is 3. The Hall–Kier alpha value is -1.32. The molecule has 4 nitrogen and oxygen atoms in total. The summed E-state index contributed by atoms with van der Waals surface area (Å²) in [5.74, 6) is 1.35. The van der Waals surface area contributed by atoms with E-state index in [0.717, 1.165) is 44.7 Å². The highest BCUT2D eigenvalue weighted by molar-refractivity contribution is 5.75. The van der Waals surface area contributed by atoms with E-state index in [0.29, 0.717) is 12.3 Å². The van der Waals surface area contributed by atoms with Crippen LogP contribution < -0.4 is 0 Å². The molecule has 0 spiro atoms. The minimum atomic E-state index is 0.291. The van der Waals surface area contributed by atoms with Gasteiger partial charge in [-0.15, -0.1) is 0 Å². The van der Waals surface area contributed by atoms with Gasteiger partial charge in [-0.2, -0.15) is 0 Å². The van der Waals surface area contributed by atoms with Crippen molar-refractivity contribution in [3.63, 3.8) is 0 Å². The van der Waals surface area contributed by atoms with Crippen LogP contribution in [0.25, 0.3) is 0 Å². The SMILES string of the molecule is CCN(CC)C(=O)CCCCCn1ccnc1C. The summed E-state index contributed by atoms with van der Waals surface area (Å²) in [6.07, 6.45) is 7.73. The predicted molar refractivity (Wildman–Crippen MR) is 73.4 cm³/mol. The first-order valence-electron chi connectivity index (χ1n) is 6.94. The maximum Gasteiger partial charge on any atom is 0.222 e. The van der Waals surface area contributed by atoms with E-state index < -0.39 is 0 Å². The molecule has 0 aliphatic heterocycles. The highest BCUT2D eigenvalue weighted by atomic mass is 16.2. The molecule has 1 heterocycles. The fraction of sp³-hybridized carbons (Fsp3) is 0.714. The first kappa shape index (κ1) is 14.7. The molecule has 0 aliphatic rings. The summed E-state index contributed by atoms with van der Waals surface area (Å²) >= 11 is 0. The summed E-state index contributed by atoms with van der Waals surface area (Å²) in [7, 11) is 0. The Morgan fingerprint density at radius 1 is 1.28 bits per heavy atom. The van der Waals surface area contributed by atoms with Crippen LogP contribution in [0.3, 0.4) is 0 Å². The lowest BCUT2D eigenvalue weighted by atomic mass is 10.1. The number of rotatable bonds is 8. The van der Waals surface area contributed by atoms with Crippen molar-refractivity contribution in [3.05, 3.63) is 18.2 Å². The van der Waals surface area contributed by atoms with E-state index in [1.54, 1.807) is 0 Å². The minimum Gasteiger partial charge on any atom is -0.343 e. The zero-order chi connectivity index (χ0) is 13.4. The highest BCUT2D eigenvalue weighted by Gasteiger charge is 2.08. The van der Waals surface area contributed by atoms with Gasteiger partial charge in [-0.1, -0.05) is 6.42 Å². The Kier molecular flexibility index (Phi) is 6.47. The first-order chi connectivity index (χ1) is 8.69. The van der Waals surface area contributed by atoms with Crippen molar-refractivity contribution in [2.45, 2.75) is 53.0 Å². The molecule has 0 fully saturated rings. The number of imidazole rings is 1. The second kappa shape index (κ2) is 7.90. The molecule has 0 radical (unpaired) electrons. The Balaban J connectivity index is 2.12. The van der Waals surface area contributed by atoms with Crippen LogP contribution in [0.2, 0.25) is 0 Å². The van der Waals surface area contributed by atoms with Crippen molar-refractivity contribution in [1.29, 1.82) is 0 Å². The topological polar surface area (TPSA) is 38.1 Å². The van der Waals surface area contributed by atoms with Gasteiger partial charge in [0.15, 0.2) is 0 Å². The van der Waals surface area contributed by atoms with Crippen LogP contribution in [-0.4, -0.2) is 33.4 Å². The number of carbonyl (C=O) groups is 1. The van der Waals surface area contributed by atoms with Crippen molar-refractivity contribution < 1.29 is 4.79 Å². The van der Waals surface area contributed by atoms with Gasteiger partial charge in [0.2, 0.25) is 5.91 Å². The average Bonchev–Trinajstić information content (AvgIpc) is 2.76. The molecule has 0 N–H and O–H groups in total. The van der Waals surface area contributed by atoms with Crippen LogP contribution in [0.15, 0.2) is 12.4 Å². The van der Waals surface area contributed by atoms with E-state index in [2.05, 4.69) is 9.55 Å². The van der Waals surface area contributed by atoms with Gasteiger partial charge in [-0.05, 0) is 33.6 Å². The fourth-order valence-corrected chi connectivity index (χ4v) is 2.11. The highest BCUT2D eigenvalue weighted by Crippen LogP contribution is 2.06. The van der Waals surface area contributed by atoms with Crippen LogP contribution in [-0.2, 0) is 11.3 Å². The van der Waals surface area contributed by atoms with Gasteiger partial charge in [-0.3, -0.25) is 4.79 Å². The molecule has 0 saturated carbocycles. The van der Waals surface area contributed by atoms with Gasteiger partial charge in [0.05, 0.1) is 0 Å². The van der Waals surface area contributed by atoms with Crippen LogP contribution in [0.5, 0.6) is 0 Å². The second-order valence-corrected chi connectivity index (χ2v) is 4.54. The van der Waals surface area contributed by atoms with E-state index in [-0.39, 0.29) is 0 Å². The van der Waals surface area contributed by atoms with E-state index in [9.17, 15) is 4.79 Å². The van der Waals surface area contributed by atoms with E-state index in [1.165, 1.54) is 0 Å². The molecule has 0 bridgehead atoms. The third-order valence-electron chi connectivity index (χ3n) is 3.33. The predicted octanol–water partition coefficient (Wildman–Crippen LogP) is 2.62. The molecule has 0 unspecified atom stereocenters. The van der Waals surface area contributed by atoms with E-state index >= 15 is 0 Å². The first-order valence-corrected chi connectivity index (χ1v) is 6.94. The number of hydrogen-bond donors (Lipinski definition) is 0. The Morgan fingerprint density at radius 3 is 2.56 bits per heavy atom. The maximum absolute atomic E-state index is 11.8. The maximum atomic E-state index is 11.8. The van der Waals surface area contributed by atoms with Gasteiger partial charge in [0.1, 0.15) is 5.82 Å². The molecule has 18 heavy (non-hydrogen) atoms. The number of amides is 1. The molecular formula is C14H25N3O. The van der Waals surface area contributed by atoms with E-state index in [1.807, 2.05) is 38.1 Å². The Morgan fingerprint density at radius 2 is 2.00 bits per heavy atom. The lowest BCUT2D eigenvalue weighted by molar-refractivity contribution is -0.130. The quantitative estimate of drug-likeness (QED) is 0.666. The molecule has 1 aromatic rings. The average molecular weight is 251 g/mol. The van der Waals surface area contributed by atoms with Gasteiger partial charge in [0.25, 0.3) is 0 Å². The minimum absolute atomic E-state index is 0.291. The molecule has 102 valence electrons. The normalized spacial score (nSPS) is 10.6. The Labute approximate surface area is 110 Å². The van der Waals surface area contributed by atoms with Gasteiger partial charge < -0.3 is 9.47 Å². The van der Waals surface area contributed by atoms with Crippen molar-refractivity contribution in [3.8, 4) is 0 Å². The summed E-state index contributed by atoms with van der Waals surface area (Å²) in [4.78, 5) is 17.9. The molecule has 0 saturated heterocycles. The summed E-state index contributed by atoms with van der Waals surface area (Å²) < 4.78 is 2.16. The van der Waals surface area contributed by atoms with Gasteiger partial charge >= 0.3 is 0 Å². The summed E-state index contributed by atoms with van der Waals surface area (Å²) in [6, 6.07) is 0. The molecule has 1 rings (SSSR count). The number of hydrogen-bond acceptors (Lipinski definition) is 2. The zero-order valence-electron chi connectivity index (χ0n) is 11.9. The molecular weight excluding hydrogens is 226 g/mol. The van der Waals surface area contributed by atoms with E-state index in [4.69, 9.17) is 0 Å². The summed E-state index contributed by atoms with van der Waals surface area (Å²) in [5.41, 5.74) is 0. The summed E-state index contributed by atoms with van der Waals surface area (Å²) in [6.45, 7) is 8.73. The van der Waals surface area contributed by atoms with Crippen molar-refractivity contribution in [1.82, 2.24) is 14.5 Å². The monoisotopic (exact) mass is 251 g/mol. The van der Waals surface area contributed by atoms with Crippen LogP contribution >= 0.6 is 0 Å². The molecule has 0 aliphatic carbocycles. The van der Waals surface area contributed by atoms with Crippen LogP contribution in [0, 0.1) is 6.92 Å². The summed E-state index contributed by atoms with van der Waals surface area (Å²) in [5, 5.41) is 0. The molecule has 1 amide bonds. The van der Waals surface area contributed by atoms with Crippen LogP contribution in [0.4, 0.5) is 0 Å². The zero-order valence-corrected chi connectivity index (χ0v) is 11.9. The van der Waals surface area contributed by atoms with Gasteiger partial charge in [-0.25, -0.2) is 4.98 Å². The molecule has 0 aromatic carbocycles. The number of carbonyl (C=O) groups excluding carboxylic acids is 1. The number of aromatic nitrogens is 2. The molecule has 1 aromatic heterocycles. The largest absolute Gasteiger partial charge is 0.343 e. The number of unbranched alkanes of at least 4 members (excludes halogenated alkanes) is 2. The number of aryl methyl sites for hydroxylation is 2. The third kappa shape index (κ3) is 4.51. The molecule has 0 atom stereocenters. The van der Waals surface area contributed by atoms with Crippen molar-refractivity contribution in [2.24, 2.45) is 0 Å². The molecule has 4 heteroatoms. The smallest absolute Gasteiger partial charge is 0.222 e. The van der Waals surface area contributed by atoms with Gasteiger partial charge in [0, 0.05) is 38.4 Å². The third-order valence-corrected chi connectivity index (χ3v) is 3.33. The lowest BCUT2D eigenvalue weighted by Crippen LogP contribution is -2.30. The standard InChI is InChI=1S/C14H25N3O/c1-4-16(5-2)14(18)9-7-6-8-11-17-12-10-15-13(17)3/h10,12H,4-9,11H2,1-3H3. The van der Waals surface area contributed by atoms with Crippen LogP contribution in [0.1, 0.15) is 45.4 Å². The van der Waals surface area contributed by atoms with Crippen molar-refractivity contribution >= 4 is 5.91 Å².